The van der Waals surface area contributed by atoms with Crippen LogP contribution >= 0.6 is 23.2 Å². The highest BCUT2D eigenvalue weighted by Crippen LogP contribution is 2.28. The van der Waals surface area contributed by atoms with Gasteiger partial charge >= 0.3 is 0 Å². The summed E-state index contributed by atoms with van der Waals surface area (Å²) in [4.78, 5) is 12.5. The van der Waals surface area contributed by atoms with Crippen LogP contribution in [0.25, 0.3) is 0 Å². The first-order valence-corrected chi connectivity index (χ1v) is 10.9. The second kappa shape index (κ2) is 8.50. The highest BCUT2D eigenvalue weighted by Gasteiger charge is 2.23. The van der Waals surface area contributed by atoms with E-state index in [1.54, 1.807) is 0 Å². The molecule has 2 rings (SSSR count). The number of sulfonamides is 1. The standard InChI is InChI=1S/C19H22Cl2N2O3S/c1-12-5-7-16(13(2)9-12)14(3)22-19(24)11-23(27(4,25)26)15-6-8-17(20)18(21)10-15/h5-10,14H,11H2,1-4H3,(H,22,24)/t14-/m1/s1. The molecular weight excluding hydrogens is 407 g/mol. The molecule has 2 aromatic rings. The Labute approximate surface area is 170 Å². The van der Waals surface area contributed by atoms with Gasteiger partial charge in [0.2, 0.25) is 15.9 Å². The minimum atomic E-state index is -3.69. The molecule has 0 heterocycles. The van der Waals surface area contributed by atoms with E-state index in [0.29, 0.717) is 5.02 Å². The molecule has 0 saturated carbocycles. The van der Waals surface area contributed by atoms with Crippen molar-refractivity contribution >= 4 is 44.8 Å². The van der Waals surface area contributed by atoms with E-state index in [9.17, 15) is 13.2 Å². The number of carbonyl (C=O) groups excluding carboxylic acids is 1. The lowest BCUT2D eigenvalue weighted by Gasteiger charge is -2.24. The predicted molar refractivity (Wildman–Crippen MR) is 111 cm³/mol. The molecule has 0 spiro atoms. The van der Waals surface area contributed by atoms with Crippen LogP contribution in [0, 0.1) is 13.8 Å². The van der Waals surface area contributed by atoms with Crippen molar-refractivity contribution in [1.29, 1.82) is 0 Å². The number of amides is 1. The topological polar surface area (TPSA) is 66.5 Å². The summed E-state index contributed by atoms with van der Waals surface area (Å²) in [7, 11) is -3.69. The maximum atomic E-state index is 12.5. The quantitative estimate of drug-likeness (QED) is 0.747. The number of hydrogen-bond donors (Lipinski definition) is 1. The lowest BCUT2D eigenvalue weighted by Crippen LogP contribution is -2.41. The summed E-state index contributed by atoms with van der Waals surface area (Å²) in [6.45, 7) is 5.48. The summed E-state index contributed by atoms with van der Waals surface area (Å²) in [5, 5.41) is 3.37. The molecule has 0 aliphatic carbocycles. The summed E-state index contributed by atoms with van der Waals surface area (Å²) in [5.41, 5.74) is 3.46. The van der Waals surface area contributed by atoms with Crippen molar-refractivity contribution in [3.63, 3.8) is 0 Å². The Balaban J connectivity index is 2.20. The number of rotatable bonds is 6. The molecule has 5 nitrogen and oxygen atoms in total. The number of aryl methyl sites for hydroxylation is 2. The Morgan fingerprint density at radius 3 is 2.33 bits per heavy atom. The van der Waals surface area contributed by atoms with E-state index in [1.807, 2.05) is 39.0 Å². The second-order valence-electron chi connectivity index (χ2n) is 6.52. The molecule has 146 valence electrons. The molecule has 1 atom stereocenters. The van der Waals surface area contributed by atoms with Crippen molar-refractivity contribution in [3.8, 4) is 0 Å². The van der Waals surface area contributed by atoms with Crippen molar-refractivity contribution in [2.24, 2.45) is 0 Å². The first-order chi connectivity index (χ1) is 12.5. The summed E-state index contributed by atoms with van der Waals surface area (Å²) in [6.07, 6.45) is 1.04. The molecule has 0 fully saturated rings. The largest absolute Gasteiger partial charge is 0.348 e. The lowest BCUT2D eigenvalue weighted by molar-refractivity contribution is -0.120. The summed E-state index contributed by atoms with van der Waals surface area (Å²) in [6, 6.07) is 10.1. The van der Waals surface area contributed by atoms with Crippen molar-refractivity contribution in [1.82, 2.24) is 5.32 Å². The van der Waals surface area contributed by atoms with Gasteiger partial charge in [-0.15, -0.1) is 0 Å². The van der Waals surface area contributed by atoms with E-state index < -0.39 is 15.9 Å². The molecule has 0 bridgehead atoms. The van der Waals surface area contributed by atoms with Crippen LogP contribution in [0.2, 0.25) is 10.0 Å². The van der Waals surface area contributed by atoms with E-state index >= 15 is 0 Å². The van der Waals surface area contributed by atoms with Gasteiger partial charge in [-0.25, -0.2) is 8.42 Å². The molecule has 27 heavy (non-hydrogen) atoms. The number of carbonyl (C=O) groups is 1. The molecule has 8 heteroatoms. The molecule has 2 aromatic carbocycles. The molecular formula is C19H22Cl2N2O3S. The van der Waals surface area contributed by atoms with Crippen LogP contribution in [0.5, 0.6) is 0 Å². The Hall–Kier alpha value is -1.76. The number of halogens is 2. The first kappa shape index (κ1) is 21.5. The lowest BCUT2D eigenvalue weighted by atomic mass is 10.0. The third-order valence-corrected chi connectivity index (χ3v) is 6.03. The number of nitrogens with zero attached hydrogens (tertiary/aromatic N) is 1. The van der Waals surface area contributed by atoms with E-state index in [0.717, 1.165) is 27.3 Å². The monoisotopic (exact) mass is 428 g/mol. The summed E-state index contributed by atoms with van der Waals surface area (Å²) >= 11 is 11.9. The third-order valence-electron chi connectivity index (χ3n) is 4.15. The Morgan fingerprint density at radius 2 is 1.78 bits per heavy atom. The molecule has 0 aliphatic heterocycles. The van der Waals surface area contributed by atoms with Crippen LogP contribution in [-0.2, 0) is 14.8 Å². The van der Waals surface area contributed by atoms with Gasteiger partial charge in [0, 0.05) is 0 Å². The maximum Gasteiger partial charge on any atom is 0.241 e. The van der Waals surface area contributed by atoms with Gasteiger partial charge in [0.15, 0.2) is 0 Å². The number of hydrogen-bond acceptors (Lipinski definition) is 3. The highest BCUT2D eigenvalue weighted by molar-refractivity contribution is 7.92. The van der Waals surface area contributed by atoms with E-state index in [4.69, 9.17) is 23.2 Å². The van der Waals surface area contributed by atoms with Crippen LogP contribution < -0.4 is 9.62 Å². The first-order valence-electron chi connectivity index (χ1n) is 8.28. The molecule has 0 unspecified atom stereocenters. The van der Waals surface area contributed by atoms with E-state index in [1.165, 1.54) is 18.2 Å². The van der Waals surface area contributed by atoms with Crippen LogP contribution in [0.15, 0.2) is 36.4 Å². The van der Waals surface area contributed by atoms with Gasteiger partial charge in [-0.05, 0) is 50.1 Å². The van der Waals surface area contributed by atoms with Crippen molar-refractivity contribution in [2.45, 2.75) is 26.8 Å². The van der Waals surface area contributed by atoms with E-state index in [-0.39, 0.29) is 23.3 Å². The zero-order valence-electron chi connectivity index (χ0n) is 15.6. The molecule has 1 amide bonds. The minimum Gasteiger partial charge on any atom is -0.348 e. The van der Waals surface area contributed by atoms with Crippen LogP contribution in [0.4, 0.5) is 5.69 Å². The second-order valence-corrected chi connectivity index (χ2v) is 9.24. The molecule has 0 aliphatic rings. The average molecular weight is 429 g/mol. The normalized spacial score (nSPS) is 12.5. The molecule has 0 radical (unpaired) electrons. The summed E-state index contributed by atoms with van der Waals surface area (Å²) in [5.74, 6) is -0.418. The van der Waals surface area contributed by atoms with Gasteiger partial charge in [0.05, 0.1) is 28.0 Å². The fraction of sp³-hybridized carbons (Fsp3) is 0.316. The molecule has 1 N–H and O–H groups in total. The van der Waals surface area contributed by atoms with Gasteiger partial charge in [-0.2, -0.15) is 0 Å². The zero-order chi connectivity index (χ0) is 20.4. The summed E-state index contributed by atoms with van der Waals surface area (Å²) < 4.78 is 25.4. The number of anilines is 1. The highest BCUT2D eigenvalue weighted by atomic mass is 35.5. The number of benzene rings is 2. The zero-order valence-corrected chi connectivity index (χ0v) is 17.9. The van der Waals surface area contributed by atoms with Crippen molar-refractivity contribution in [2.75, 3.05) is 17.1 Å². The SMILES string of the molecule is Cc1ccc([C@@H](C)NC(=O)CN(c2ccc(Cl)c(Cl)c2)S(C)(=O)=O)c(C)c1. The fourth-order valence-corrected chi connectivity index (χ4v) is 3.99. The van der Waals surface area contributed by atoms with Gasteiger partial charge in [0.1, 0.15) is 6.54 Å². The Kier molecular flexibility index (Phi) is 6.78. The van der Waals surface area contributed by atoms with Crippen LogP contribution in [0.3, 0.4) is 0 Å². The van der Waals surface area contributed by atoms with Gasteiger partial charge in [-0.3, -0.25) is 9.10 Å². The van der Waals surface area contributed by atoms with Crippen LogP contribution in [-0.4, -0.2) is 27.1 Å². The molecule has 0 aromatic heterocycles. The minimum absolute atomic E-state index is 0.215. The fourth-order valence-electron chi connectivity index (χ4n) is 2.85. The maximum absolute atomic E-state index is 12.5. The van der Waals surface area contributed by atoms with Crippen LogP contribution in [0.1, 0.15) is 29.7 Å². The molecule has 0 saturated heterocycles. The Bertz CT molecular complexity index is 961. The van der Waals surface area contributed by atoms with Gasteiger partial charge in [0.25, 0.3) is 0 Å². The number of nitrogens with one attached hydrogen (secondary N) is 1. The van der Waals surface area contributed by atoms with Crippen molar-refractivity contribution in [3.05, 3.63) is 63.1 Å². The van der Waals surface area contributed by atoms with Gasteiger partial charge < -0.3 is 5.32 Å². The average Bonchev–Trinajstić information content (AvgIpc) is 2.54. The van der Waals surface area contributed by atoms with Gasteiger partial charge in [-0.1, -0.05) is 47.0 Å². The smallest absolute Gasteiger partial charge is 0.241 e. The van der Waals surface area contributed by atoms with E-state index in [2.05, 4.69) is 5.32 Å². The van der Waals surface area contributed by atoms with Crippen molar-refractivity contribution < 1.29 is 13.2 Å². The Morgan fingerprint density at radius 1 is 1.11 bits per heavy atom. The predicted octanol–water partition coefficient (Wildman–Crippen LogP) is 4.25. The third kappa shape index (κ3) is 5.61.